The van der Waals surface area contributed by atoms with Crippen molar-refractivity contribution < 1.29 is 14.3 Å². The molecular formula is C15H21ClN2O3Si. The van der Waals surface area contributed by atoms with E-state index in [0.717, 1.165) is 18.2 Å². The Bertz CT molecular complexity index is 679. The van der Waals surface area contributed by atoms with Crippen LogP contribution in [0.25, 0.3) is 11.0 Å². The molecule has 0 aliphatic heterocycles. The average Bonchev–Trinajstić information content (AvgIpc) is 2.85. The Morgan fingerprint density at radius 1 is 1.41 bits per heavy atom. The number of esters is 1. The fourth-order valence-corrected chi connectivity index (χ4v) is 3.08. The van der Waals surface area contributed by atoms with Crippen LogP contribution in [0.5, 0.6) is 0 Å². The third kappa shape index (κ3) is 4.09. The largest absolute Gasteiger partial charge is 0.464 e. The van der Waals surface area contributed by atoms with Gasteiger partial charge in [-0.1, -0.05) is 31.2 Å². The zero-order chi connectivity index (χ0) is 16.3. The number of rotatable bonds is 6. The van der Waals surface area contributed by atoms with Gasteiger partial charge in [-0.05, 0) is 18.2 Å². The molecule has 0 aliphatic carbocycles. The number of carbonyl (C=O) groups excluding carboxylic acids is 1. The molecule has 0 aliphatic rings. The lowest BCUT2D eigenvalue weighted by Crippen LogP contribution is -2.22. The number of ether oxygens (including phenoxy) is 2. The number of pyridine rings is 1. The second kappa shape index (κ2) is 6.81. The lowest BCUT2D eigenvalue weighted by Gasteiger charge is -2.16. The topological polar surface area (TPSA) is 53.4 Å². The minimum atomic E-state index is -1.09. The van der Waals surface area contributed by atoms with E-state index < -0.39 is 14.0 Å². The molecule has 0 aromatic carbocycles. The van der Waals surface area contributed by atoms with Crippen LogP contribution in [0.3, 0.4) is 0 Å². The molecule has 0 saturated carbocycles. The standard InChI is InChI=1S/C15H21ClN2O3Si/c1-20-15(19)13-9-11(16)14-12(17-13)5-6-18(14)10-21-7-8-22(2,3)4/h5-6,9H,7-8,10H2,1-4H3. The van der Waals surface area contributed by atoms with Gasteiger partial charge in [-0.2, -0.15) is 0 Å². The summed E-state index contributed by atoms with van der Waals surface area (Å²) in [6, 6.07) is 4.45. The molecule has 2 aromatic heterocycles. The van der Waals surface area contributed by atoms with E-state index in [9.17, 15) is 4.79 Å². The zero-order valence-corrected chi connectivity index (χ0v) is 15.1. The maximum absolute atomic E-state index is 11.5. The van der Waals surface area contributed by atoms with Crippen molar-refractivity contribution in [3.8, 4) is 0 Å². The quantitative estimate of drug-likeness (QED) is 0.456. The van der Waals surface area contributed by atoms with Gasteiger partial charge in [0.25, 0.3) is 0 Å². The average molecular weight is 341 g/mol. The van der Waals surface area contributed by atoms with Gasteiger partial charge in [0.15, 0.2) is 5.69 Å². The molecular weight excluding hydrogens is 320 g/mol. The van der Waals surface area contributed by atoms with Crippen LogP contribution < -0.4 is 0 Å². The van der Waals surface area contributed by atoms with E-state index in [1.807, 2.05) is 16.8 Å². The Kier molecular flexibility index (Phi) is 5.26. The molecule has 0 spiro atoms. The molecule has 2 aromatic rings. The van der Waals surface area contributed by atoms with Gasteiger partial charge in [0, 0.05) is 20.9 Å². The number of hydrogen-bond donors (Lipinski definition) is 0. The lowest BCUT2D eigenvalue weighted by molar-refractivity contribution is 0.0594. The highest BCUT2D eigenvalue weighted by Gasteiger charge is 2.15. The molecule has 0 atom stereocenters. The van der Waals surface area contributed by atoms with Crippen LogP contribution in [0.1, 0.15) is 10.5 Å². The number of nitrogens with zero attached hydrogens (tertiary/aromatic N) is 2. The van der Waals surface area contributed by atoms with Crippen molar-refractivity contribution in [2.24, 2.45) is 0 Å². The van der Waals surface area contributed by atoms with Gasteiger partial charge in [-0.15, -0.1) is 0 Å². The van der Waals surface area contributed by atoms with Crippen molar-refractivity contribution in [1.29, 1.82) is 0 Å². The SMILES string of the molecule is COC(=O)c1cc(Cl)c2c(ccn2COCC[Si](C)(C)C)n1. The molecule has 0 amide bonds. The van der Waals surface area contributed by atoms with Crippen molar-refractivity contribution in [3.63, 3.8) is 0 Å². The van der Waals surface area contributed by atoms with Crippen LogP contribution in [0.4, 0.5) is 0 Å². The van der Waals surface area contributed by atoms with Crippen LogP contribution in [0.2, 0.25) is 30.7 Å². The first-order chi connectivity index (χ1) is 10.3. The molecule has 5 nitrogen and oxygen atoms in total. The first kappa shape index (κ1) is 17.0. The third-order valence-electron chi connectivity index (χ3n) is 3.29. The minimum Gasteiger partial charge on any atom is -0.464 e. The van der Waals surface area contributed by atoms with Crippen LogP contribution >= 0.6 is 11.6 Å². The Balaban J connectivity index is 2.14. The summed E-state index contributed by atoms with van der Waals surface area (Å²) in [7, 11) is 0.227. The summed E-state index contributed by atoms with van der Waals surface area (Å²) in [5.41, 5.74) is 1.63. The van der Waals surface area contributed by atoms with E-state index in [1.54, 1.807) is 0 Å². The maximum Gasteiger partial charge on any atom is 0.356 e. The lowest BCUT2D eigenvalue weighted by atomic mass is 10.3. The molecule has 0 radical (unpaired) electrons. The maximum atomic E-state index is 11.5. The van der Waals surface area contributed by atoms with Crippen LogP contribution in [0.15, 0.2) is 18.3 Å². The van der Waals surface area contributed by atoms with Crippen molar-refractivity contribution in [1.82, 2.24) is 9.55 Å². The highest BCUT2D eigenvalue weighted by atomic mass is 35.5. The predicted molar refractivity (Wildman–Crippen MR) is 90.2 cm³/mol. The fourth-order valence-electron chi connectivity index (χ4n) is 2.02. The van der Waals surface area contributed by atoms with Crippen molar-refractivity contribution in [3.05, 3.63) is 29.0 Å². The van der Waals surface area contributed by atoms with Crippen LogP contribution in [0, 0.1) is 0 Å². The molecule has 0 fully saturated rings. The van der Waals surface area contributed by atoms with E-state index in [-0.39, 0.29) is 5.69 Å². The van der Waals surface area contributed by atoms with E-state index in [4.69, 9.17) is 16.3 Å². The number of hydrogen-bond acceptors (Lipinski definition) is 4. The van der Waals surface area contributed by atoms with Crippen LogP contribution in [-0.2, 0) is 16.2 Å². The Morgan fingerprint density at radius 2 is 2.14 bits per heavy atom. The van der Waals surface area contributed by atoms with E-state index in [2.05, 4.69) is 29.4 Å². The van der Waals surface area contributed by atoms with Gasteiger partial charge >= 0.3 is 5.97 Å². The van der Waals surface area contributed by atoms with Gasteiger partial charge in [0.1, 0.15) is 6.73 Å². The molecule has 120 valence electrons. The Labute approximate surface area is 136 Å². The van der Waals surface area contributed by atoms with E-state index >= 15 is 0 Å². The molecule has 2 heterocycles. The minimum absolute atomic E-state index is 0.206. The first-order valence-electron chi connectivity index (χ1n) is 7.13. The highest BCUT2D eigenvalue weighted by Crippen LogP contribution is 2.24. The highest BCUT2D eigenvalue weighted by molar-refractivity contribution is 6.76. The summed E-state index contributed by atoms with van der Waals surface area (Å²) >= 11 is 6.28. The summed E-state index contributed by atoms with van der Waals surface area (Å²) < 4.78 is 12.3. The molecule has 0 N–H and O–H groups in total. The zero-order valence-electron chi connectivity index (χ0n) is 13.4. The summed E-state index contributed by atoms with van der Waals surface area (Å²) in [6.45, 7) is 8.11. The van der Waals surface area contributed by atoms with Gasteiger partial charge in [-0.3, -0.25) is 0 Å². The van der Waals surface area contributed by atoms with Crippen molar-refractivity contribution in [2.75, 3.05) is 13.7 Å². The van der Waals surface area contributed by atoms with Gasteiger partial charge in [-0.25, -0.2) is 9.78 Å². The molecule has 0 unspecified atom stereocenters. The summed E-state index contributed by atoms with van der Waals surface area (Å²) in [4.78, 5) is 15.8. The normalized spacial score (nSPS) is 11.9. The molecule has 7 heteroatoms. The molecule has 22 heavy (non-hydrogen) atoms. The number of aromatic nitrogens is 2. The molecule has 0 bridgehead atoms. The molecule has 2 rings (SSSR count). The summed E-state index contributed by atoms with van der Waals surface area (Å²) in [5, 5.41) is 0.462. The van der Waals surface area contributed by atoms with Crippen molar-refractivity contribution >= 4 is 36.7 Å². The number of halogens is 1. The van der Waals surface area contributed by atoms with E-state index in [0.29, 0.717) is 17.3 Å². The second-order valence-electron chi connectivity index (χ2n) is 6.35. The fraction of sp³-hybridized carbons (Fsp3) is 0.467. The van der Waals surface area contributed by atoms with Gasteiger partial charge in [0.05, 0.1) is 23.2 Å². The monoisotopic (exact) mass is 340 g/mol. The number of fused-ring (bicyclic) bond motifs is 1. The first-order valence-corrected chi connectivity index (χ1v) is 11.2. The van der Waals surface area contributed by atoms with Crippen molar-refractivity contribution in [2.45, 2.75) is 32.4 Å². The van der Waals surface area contributed by atoms with E-state index in [1.165, 1.54) is 13.2 Å². The predicted octanol–water partition coefficient (Wildman–Crippen LogP) is 3.79. The van der Waals surface area contributed by atoms with Gasteiger partial charge in [0.2, 0.25) is 0 Å². The second-order valence-corrected chi connectivity index (χ2v) is 12.4. The smallest absolute Gasteiger partial charge is 0.356 e. The summed E-state index contributed by atoms with van der Waals surface area (Å²) in [6.07, 6.45) is 1.86. The molecule has 0 saturated heterocycles. The van der Waals surface area contributed by atoms with Gasteiger partial charge < -0.3 is 14.0 Å². The Hall–Kier alpha value is -1.37. The third-order valence-corrected chi connectivity index (χ3v) is 5.29. The Morgan fingerprint density at radius 3 is 2.77 bits per heavy atom. The van der Waals surface area contributed by atoms with Crippen LogP contribution in [-0.4, -0.2) is 37.3 Å². The number of carbonyl (C=O) groups is 1. The summed E-state index contributed by atoms with van der Waals surface area (Å²) in [5.74, 6) is -0.497. The number of methoxy groups -OCH3 is 1.